The first-order chi connectivity index (χ1) is 7.29. The largest absolute Gasteiger partial charge is 0.320 e. The Kier molecular flexibility index (Phi) is 5.04. The molecule has 0 aliphatic carbocycles. The maximum Gasteiger partial charge on any atom is 0.180 e. The highest BCUT2D eigenvalue weighted by Gasteiger charge is 2.10. The fourth-order valence-electron chi connectivity index (χ4n) is 1.51. The van der Waals surface area contributed by atoms with Gasteiger partial charge in [-0.05, 0) is 32.5 Å². The van der Waals surface area contributed by atoms with Crippen LogP contribution < -0.4 is 5.32 Å². The SMILES string of the molecule is CCCn1nccc1C(=O)CCCNC. The van der Waals surface area contributed by atoms with E-state index in [-0.39, 0.29) is 5.78 Å². The Balaban J connectivity index is 2.53. The van der Waals surface area contributed by atoms with Crippen LogP contribution in [0.3, 0.4) is 0 Å². The topological polar surface area (TPSA) is 46.9 Å². The third-order valence-electron chi connectivity index (χ3n) is 2.27. The Morgan fingerprint density at radius 1 is 1.60 bits per heavy atom. The van der Waals surface area contributed by atoms with Crippen LogP contribution in [-0.4, -0.2) is 29.2 Å². The van der Waals surface area contributed by atoms with Gasteiger partial charge in [-0.3, -0.25) is 9.48 Å². The summed E-state index contributed by atoms with van der Waals surface area (Å²) in [5, 5.41) is 7.17. The molecule has 84 valence electrons. The smallest absolute Gasteiger partial charge is 0.180 e. The first-order valence-electron chi connectivity index (χ1n) is 5.49. The van der Waals surface area contributed by atoms with Gasteiger partial charge in [-0.25, -0.2) is 0 Å². The van der Waals surface area contributed by atoms with Crippen molar-refractivity contribution in [3.05, 3.63) is 18.0 Å². The molecule has 0 aliphatic rings. The lowest BCUT2D eigenvalue weighted by Gasteiger charge is -2.04. The predicted molar refractivity (Wildman–Crippen MR) is 60.0 cm³/mol. The molecule has 0 bridgehead atoms. The first-order valence-corrected chi connectivity index (χ1v) is 5.49. The minimum Gasteiger partial charge on any atom is -0.320 e. The minimum atomic E-state index is 0.191. The van der Waals surface area contributed by atoms with Gasteiger partial charge in [0.15, 0.2) is 5.78 Å². The maximum atomic E-state index is 11.8. The van der Waals surface area contributed by atoms with Crippen LogP contribution in [0.15, 0.2) is 12.3 Å². The highest BCUT2D eigenvalue weighted by molar-refractivity contribution is 5.94. The third-order valence-corrected chi connectivity index (χ3v) is 2.27. The summed E-state index contributed by atoms with van der Waals surface area (Å²) in [7, 11) is 1.89. The molecular weight excluding hydrogens is 190 g/mol. The molecule has 1 heterocycles. The number of hydrogen-bond acceptors (Lipinski definition) is 3. The van der Waals surface area contributed by atoms with Gasteiger partial charge in [-0.1, -0.05) is 6.92 Å². The van der Waals surface area contributed by atoms with Crippen LogP contribution in [0.25, 0.3) is 0 Å². The second-order valence-corrected chi connectivity index (χ2v) is 3.57. The van der Waals surface area contributed by atoms with Crippen molar-refractivity contribution in [3.63, 3.8) is 0 Å². The van der Waals surface area contributed by atoms with Crippen molar-refractivity contribution in [2.45, 2.75) is 32.7 Å². The van der Waals surface area contributed by atoms with Crippen LogP contribution in [0.1, 0.15) is 36.7 Å². The Bertz CT molecular complexity index is 307. The van der Waals surface area contributed by atoms with E-state index in [4.69, 9.17) is 0 Å². The molecule has 1 aromatic rings. The first kappa shape index (κ1) is 11.9. The molecule has 0 fully saturated rings. The van der Waals surface area contributed by atoms with E-state index in [1.807, 2.05) is 7.05 Å². The number of carbonyl (C=O) groups excluding carboxylic acids is 1. The molecular formula is C11H19N3O. The maximum absolute atomic E-state index is 11.8. The molecule has 0 amide bonds. The summed E-state index contributed by atoms with van der Waals surface area (Å²) in [5.74, 6) is 0.191. The van der Waals surface area contributed by atoms with Gasteiger partial charge < -0.3 is 5.32 Å². The Labute approximate surface area is 90.7 Å². The van der Waals surface area contributed by atoms with Gasteiger partial charge in [0, 0.05) is 19.2 Å². The summed E-state index contributed by atoms with van der Waals surface area (Å²) in [6.45, 7) is 3.78. The monoisotopic (exact) mass is 209 g/mol. The molecule has 0 saturated heterocycles. The molecule has 0 unspecified atom stereocenters. The minimum absolute atomic E-state index is 0.191. The van der Waals surface area contributed by atoms with Gasteiger partial charge in [0.1, 0.15) is 5.69 Å². The van der Waals surface area contributed by atoms with Gasteiger partial charge in [0.25, 0.3) is 0 Å². The lowest BCUT2D eigenvalue weighted by atomic mass is 10.1. The number of aromatic nitrogens is 2. The third kappa shape index (κ3) is 3.47. The van der Waals surface area contributed by atoms with Gasteiger partial charge in [0.2, 0.25) is 0 Å². The second-order valence-electron chi connectivity index (χ2n) is 3.57. The summed E-state index contributed by atoms with van der Waals surface area (Å²) in [5.41, 5.74) is 0.743. The van der Waals surface area contributed by atoms with Crippen molar-refractivity contribution in [1.82, 2.24) is 15.1 Å². The van der Waals surface area contributed by atoms with E-state index >= 15 is 0 Å². The molecule has 1 rings (SSSR count). The Morgan fingerprint density at radius 2 is 2.40 bits per heavy atom. The number of carbonyl (C=O) groups is 1. The van der Waals surface area contributed by atoms with Crippen LogP contribution in [-0.2, 0) is 6.54 Å². The van der Waals surface area contributed by atoms with E-state index in [1.54, 1.807) is 16.9 Å². The number of hydrogen-bond donors (Lipinski definition) is 1. The Morgan fingerprint density at radius 3 is 3.07 bits per heavy atom. The molecule has 0 atom stereocenters. The van der Waals surface area contributed by atoms with Crippen LogP contribution in [0.5, 0.6) is 0 Å². The molecule has 4 heteroatoms. The zero-order valence-electron chi connectivity index (χ0n) is 9.49. The second kappa shape index (κ2) is 6.35. The normalized spacial score (nSPS) is 10.5. The number of ketones is 1. The van der Waals surface area contributed by atoms with Crippen molar-refractivity contribution >= 4 is 5.78 Å². The molecule has 0 aliphatic heterocycles. The molecule has 1 N–H and O–H groups in total. The lowest BCUT2D eigenvalue weighted by Crippen LogP contribution is -2.13. The predicted octanol–water partition coefficient (Wildman–Crippen LogP) is 1.48. The molecule has 0 saturated carbocycles. The number of Topliss-reactive ketones (excluding diaryl/α,β-unsaturated/α-hetero) is 1. The van der Waals surface area contributed by atoms with Gasteiger partial charge in [-0.2, -0.15) is 5.10 Å². The average Bonchev–Trinajstić information content (AvgIpc) is 2.67. The standard InChI is InChI=1S/C11H19N3O/c1-3-9-14-10(6-8-13-14)11(15)5-4-7-12-2/h6,8,12H,3-5,7,9H2,1-2H3. The molecule has 4 nitrogen and oxygen atoms in total. The fourth-order valence-corrected chi connectivity index (χ4v) is 1.51. The van der Waals surface area contributed by atoms with E-state index in [0.29, 0.717) is 6.42 Å². The van der Waals surface area contributed by atoms with Crippen LogP contribution in [0, 0.1) is 0 Å². The lowest BCUT2D eigenvalue weighted by molar-refractivity contribution is 0.0969. The van der Waals surface area contributed by atoms with E-state index in [9.17, 15) is 4.79 Å². The summed E-state index contributed by atoms with van der Waals surface area (Å²) in [4.78, 5) is 11.8. The zero-order valence-corrected chi connectivity index (χ0v) is 9.49. The van der Waals surface area contributed by atoms with Crippen LogP contribution >= 0.6 is 0 Å². The van der Waals surface area contributed by atoms with E-state index in [0.717, 1.165) is 31.6 Å². The fraction of sp³-hybridized carbons (Fsp3) is 0.636. The van der Waals surface area contributed by atoms with Gasteiger partial charge in [0.05, 0.1) is 0 Å². The molecule has 0 aromatic carbocycles. The van der Waals surface area contributed by atoms with Crippen LogP contribution in [0.4, 0.5) is 0 Å². The Hall–Kier alpha value is -1.16. The average molecular weight is 209 g/mol. The highest BCUT2D eigenvalue weighted by Crippen LogP contribution is 2.05. The van der Waals surface area contributed by atoms with Crippen LogP contribution in [0.2, 0.25) is 0 Å². The van der Waals surface area contributed by atoms with Crippen molar-refractivity contribution in [2.24, 2.45) is 0 Å². The molecule has 15 heavy (non-hydrogen) atoms. The number of nitrogens with one attached hydrogen (secondary N) is 1. The van der Waals surface area contributed by atoms with Crippen molar-refractivity contribution in [1.29, 1.82) is 0 Å². The zero-order chi connectivity index (χ0) is 11.1. The number of aryl methyl sites for hydroxylation is 1. The summed E-state index contributed by atoms with van der Waals surface area (Å²) in [6.07, 6.45) is 4.17. The van der Waals surface area contributed by atoms with Crippen molar-refractivity contribution < 1.29 is 4.79 Å². The molecule has 0 radical (unpaired) electrons. The summed E-state index contributed by atoms with van der Waals surface area (Å²) in [6, 6.07) is 1.80. The van der Waals surface area contributed by atoms with Crippen molar-refractivity contribution in [3.8, 4) is 0 Å². The molecule has 1 aromatic heterocycles. The van der Waals surface area contributed by atoms with E-state index in [1.165, 1.54) is 0 Å². The van der Waals surface area contributed by atoms with Gasteiger partial charge in [-0.15, -0.1) is 0 Å². The summed E-state index contributed by atoms with van der Waals surface area (Å²) < 4.78 is 1.79. The molecule has 0 spiro atoms. The summed E-state index contributed by atoms with van der Waals surface area (Å²) >= 11 is 0. The van der Waals surface area contributed by atoms with E-state index in [2.05, 4.69) is 17.3 Å². The van der Waals surface area contributed by atoms with Crippen molar-refractivity contribution in [2.75, 3.05) is 13.6 Å². The van der Waals surface area contributed by atoms with E-state index < -0.39 is 0 Å². The number of rotatable bonds is 7. The quantitative estimate of drug-likeness (QED) is 0.546. The highest BCUT2D eigenvalue weighted by atomic mass is 16.1. The van der Waals surface area contributed by atoms with Gasteiger partial charge >= 0.3 is 0 Å². The number of nitrogens with zero attached hydrogens (tertiary/aromatic N) is 2.